The fourth-order valence-electron chi connectivity index (χ4n) is 3.20. The topological polar surface area (TPSA) is 59.4 Å². The first-order chi connectivity index (χ1) is 11.7. The number of methoxy groups -OCH3 is 1. The van der Waals surface area contributed by atoms with E-state index in [-0.39, 0.29) is 12.1 Å². The van der Waals surface area contributed by atoms with Gasteiger partial charge in [-0.15, -0.1) is 0 Å². The quantitative estimate of drug-likeness (QED) is 0.917. The molecule has 1 N–H and O–H groups in total. The molecule has 0 aliphatic carbocycles. The van der Waals surface area contributed by atoms with E-state index in [1.165, 1.54) is 0 Å². The van der Waals surface area contributed by atoms with Crippen molar-refractivity contribution in [3.8, 4) is 5.75 Å². The number of aromatic nitrogens is 2. The molecule has 0 saturated carbocycles. The molecule has 1 aromatic heterocycles. The van der Waals surface area contributed by atoms with Crippen LogP contribution in [0.15, 0.2) is 36.7 Å². The highest BCUT2D eigenvalue weighted by molar-refractivity contribution is 5.75. The van der Waals surface area contributed by atoms with Gasteiger partial charge in [0.05, 0.1) is 19.3 Å². The second-order valence-electron chi connectivity index (χ2n) is 6.13. The highest BCUT2D eigenvalue weighted by Crippen LogP contribution is 2.32. The third-order valence-corrected chi connectivity index (χ3v) is 4.46. The zero-order valence-corrected chi connectivity index (χ0v) is 14.2. The average Bonchev–Trinajstić information content (AvgIpc) is 3.24. The molecule has 6 heteroatoms. The van der Waals surface area contributed by atoms with Crippen LogP contribution in [0.2, 0.25) is 0 Å². The van der Waals surface area contributed by atoms with Crippen molar-refractivity contribution in [2.45, 2.75) is 25.3 Å². The van der Waals surface area contributed by atoms with Gasteiger partial charge in [0.25, 0.3) is 0 Å². The summed E-state index contributed by atoms with van der Waals surface area (Å²) in [6, 6.07) is 8.15. The summed E-state index contributed by atoms with van der Waals surface area (Å²) in [4.78, 5) is 14.5. The molecule has 0 bridgehead atoms. The summed E-state index contributed by atoms with van der Waals surface area (Å²) in [7, 11) is 3.55. The van der Waals surface area contributed by atoms with Crippen LogP contribution < -0.4 is 10.1 Å². The maximum absolute atomic E-state index is 12.5. The van der Waals surface area contributed by atoms with Gasteiger partial charge in [0.1, 0.15) is 5.75 Å². The van der Waals surface area contributed by atoms with Crippen molar-refractivity contribution >= 4 is 6.03 Å². The van der Waals surface area contributed by atoms with Crippen LogP contribution in [0.25, 0.3) is 0 Å². The Hall–Kier alpha value is -2.50. The largest absolute Gasteiger partial charge is 0.497 e. The summed E-state index contributed by atoms with van der Waals surface area (Å²) < 4.78 is 6.98. The number of carbonyl (C=O) groups is 1. The van der Waals surface area contributed by atoms with Crippen molar-refractivity contribution < 1.29 is 9.53 Å². The van der Waals surface area contributed by atoms with Gasteiger partial charge in [-0.25, -0.2) is 4.79 Å². The molecule has 0 spiro atoms. The monoisotopic (exact) mass is 328 g/mol. The van der Waals surface area contributed by atoms with Crippen LogP contribution in [0, 0.1) is 0 Å². The predicted octanol–water partition coefficient (Wildman–Crippen LogP) is 2.52. The van der Waals surface area contributed by atoms with E-state index < -0.39 is 0 Å². The minimum Gasteiger partial charge on any atom is -0.497 e. The van der Waals surface area contributed by atoms with E-state index >= 15 is 0 Å². The van der Waals surface area contributed by atoms with Crippen molar-refractivity contribution in [3.05, 3.63) is 47.8 Å². The number of hydrogen-bond acceptors (Lipinski definition) is 3. The summed E-state index contributed by atoms with van der Waals surface area (Å²) in [6.07, 6.45) is 6.64. The number of rotatable bonds is 5. The van der Waals surface area contributed by atoms with Gasteiger partial charge in [-0.3, -0.25) is 4.68 Å². The summed E-state index contributed by atoms with van der Waals surface area (Å²) in [5.41, 5.74) is 2.29. The predicted molar refractivity (Wildman–Crippen MR) is 92.0 cm³/mol. The normalized spacial score (nSPS) is 17.1. The van der Waals surface area contributed by atoms with E-state index in [4.69, 9.17) is 4.74 Å². The first kappa shape index (κ1) is 16.4. The van der Waals surface area contributed by atoms with E-state index in [2.05, 4.69) is 10.4 Å². The van der Waals surface area contributed by atoms with Crippen LogP contribution >= 0.6 is 0 Å². The zero-order valence-electron chi connectivity index (χ0n) is 14.2. The molecular weight excluding hydrogens is 304 g/mol. The second kappa shape index (κ2) is 7.38. The second-order valence-corrected chi connectivity index (χ2v) is 6.13. The lowest BCUT2D eigenvalue weighted by Gasteiger charge is -2.25. The van der Waals surface area contributed by atoms with Gasteiger partial charge in [0, 0.05) is 26.3 Å². The molecule has 0 radical (unpaired) electrons. The molecule has 24 heavy (non-hydrogen) atoms. The van der Waals surface area contributed by atoms with Gasteiger partial charge in [-0.2, -0.15) is 5.10 Å². The molecule has 3 rings (SSSR count). The van der Waals surface area contributed by atoms with Crippen LogP contribution in [0.3, 0.4) is 0 Å². The highest BCUT2D eigenvalue weighted by Gasteiger charge is 2.29. The average molecular weight is 328 g/mol. The first-order valence-corrected chi connectivity index (χ1v) is 8.33. The van der Waals surface area contributed by atoms with Crippen molar-refractivity contribution in [1.29, 1.82) is 0 Å². The van der Waals surface area contributed by atoms with E-state index in [0.717, 1.165) is 42.7 Å². The molecule has 6 nitrogen and oxygen atoms in total. The minimum absolute atomic E-state index is 0.0113. The van der Waals surface area contributed by atoms with Crippen molar-refractivity contribution in [2.75, 3.05) is 20.2 Å². The fraction of sp³-hybridized carbons (Fsp3) is 0.444. The Labute approximate surface area is 142 Å². The van der Waals surface area contributed by atoms with E-state index in [9.17, 15) is 4.79 Å². The van der Waals surface area contributed by atoms with Gasteiger partial charge in [-0.1, -0.05) is 12.1 Å². The van der Waals surface area contributed by atoms with Crippen molar-refractivity contribution in [1.82, 2.24) is 20.0 Å². The molecule has 1 fully saturated rings. The Balaban J connectivity index is 1.56. The van der Waals surface area contributed by atoms with Crippen molar-refractivity contribution in [3.63, 3.8) is 0 Å². The smallest absolute Gasteiger partial charge is 0.317 e. The van der Waals surface area contributed by atoms with E-state index in [1.807, 2.05) is 48.6 Å². The number of carbonyl (C=O) groups excluding carboxylic acids is 1. The molecule has 2 heterocycles. The van der Waals surface area contributed by atoms with Crippen LogP contribution in [-0.2, 0) is 13.5 Å². The summed E-state index contributed by atoms with van der Waals surface area (Å²) in [6.45, 7) is 1.42. The Bertz CT molecular complexity index is 681. The third-order valence-electron chi connectivity index (χ3n) is 4.46. The standard InChI is InChI=1S/C18H24N4O2/c1-21-13-14(12-20-21)9-10-19-18(23)22-11-3-4-17(22)15-5-7-16(24-2)8-6-15/h5-8,12-13,17H,3-4,9-11H2,1-2H3,(H,19,23)/t17-/m0/s1. The Morgan fingerprint density at radius 3 is 2.83 bits per heavy atom. The van der Waals surface area contributed by atoms with Crippen LogP contribution in [0.5, 0.6) is 5.75 Å². The number of urea groups is 1. The fourth-order valence-corrected chi connectivity index (χ4v) is 3.20. The molecule has 1 aromatic carbocycles. The van der Waals surface area contributed by atoms with Gasteiger partial charge in [0.2, 0.25) is 0 Å². The molecule has 1 saturated heterocycles. The van der Waals surface area contributed by atoms with Crippen LogP contribution in [0.1, 0.15) is 30.0 Å². The Morgan fingerprint density at radius 1 is 1.38 bits per heavy atom. The van der Waals surface area contributed by atoms with Crippen LogP contribution in [-0.4, -0.2) is 40.9 Å². The molecule has 1 aliphatic rings. The zero-order chi connectivity index (χ0) is 16.9. The maximum atomic E-state index is 12.5. The third kappa shape index (κ3) is 3.69. The molecule has 128 valence electrons. The highest BCUT2D eigenvalue weighted by atomic mass is 16.5. The lowest BCUT2D eigenvalue weighted by Crippen LogP contribution is -2.40. The number of benzene rings is 1. The van der Waals surface area contributed by atoms with Gasteiger partial charge in [0.15, 0.2) is 0 Å². The molecular formula is C18H24N4O2. The first-order valence-electron chi connectivity index (χ1n) is 8.33. The maximum Gasteiger partial charge on any atom is 0.317 e. The van der Waals surface area contributed by atoms with Gasteiger partial charge >= 0.3 is 6.03 Å². The number of amides is 2. The molecule has 1 atom stereocenters. The molecule has 0 unspecified atom stereocenters. The Morgan fingerprint density at radius 2 is 2.17 bits per heavy atom. The Kier molecular flexibility index (Phi) is 5.03. The van der Waals surface area contributed by atoms with Gasteiger partial charge in [-0.05, 0) is 42.5 Å². The SMILES string of the molecule is COc1ccc([C@@H]2CCCN2C(=O)NCCc2cnn(C)c2)cc1. The summed E-state index contributed by atoms with van der Waals surface area (Å²) in [5, 5.41) is 7.17. The molecule has 2 amide bonds. The number of likely N-dealkylation sites (tertiary alicyclic amines) is 1. The number of nitrogens with one attached hydrogen (secondary N) is 1. The van der Waals surface area contributed by atoms with E-state index in [0.29, 0.717) is 6.54 Å². The summed E-state index contributed by atoms with van der Waals surface area (Å²) >= 11 is 0. The number of nitrogens with zero attached hydrogens (tertiary/aromatic N) is 3. The lowest BCUT2D eigenvalue weighted by molar-refractivity contribution is 0.193. The van der Waals surface area contributed by atoms with Crippen molar-refractivity contribution in [2.24, 2.45) is 7.05 Å². The molecule has 2 aromatic rings. The number of hydrogen-bond donors (Lipinski definition) is 1. The van der Waals surface area contributed by atoms with E-state index in [1.54, 1.807) is 11.8 Å². The molecule has 1 aliphatic heterocycles. The minimum atomic E-state index is 0.0113. The lowest BCUT2D eigenvalue weighted by atomic mass is 10.0. The van der Waals surface area contributed by atoms with Crippen LogP contribution in [0.4, 0.5) is 4.79 Å². The van der Waals surface area contributed by atoms with Gasteiger partial charge < -0.3 is 15.0 Å². The summed E-state index contributed by atoms with van der Waals surface area (Å²) in [5.74, 6) is 0.837. The number of aryl methyl sites for hydroxylation is 1. The number of ether oxygens (including phenoxy) is 1.